The number of piperidine rings is 1. The minimum Gasteiger partial charge on any atom is -0.350 e. The lowest BCUT2D eigenvalue weighted by Gasteiger charge is -2.38. The van der Waals surface area contributed by atoms with Crippen LogP contribution in [0.25, 0.3) is 5.69 Å². The molecule has 2 aromatic rings. The number of amides is 4. The molecular weight excluding hydrogens is 460 g/mol. The molecule has 2 N–H and O–H groups in total. The first-order chi connectivity index (χ1) is 17.2. The Balaban J connectivity index is 1.13. The van der Waals surface area contributed by atoms with Crippen molar-refractivity contribution in [1.82, 2.24) is 30.5 Å². The van der Waals surface area contributed by atoms with Gasteiger partial charge in [-0.3, -0.25) is 24.5 Å². The van der Waals surface area contributed by atoms with Crippen molar-refractivity contribution in [2.45, 2.75) is 58.5 Å². The molecule has 2 bridgehead atoms. The number of aromatic nitrogens is 3. The zero-order chi connectivity index (χ0) is 25.2. The summed E-state index contributed by atoms with van der Waals surface area (Å²) in [5, 5.41) is 13.6. The molecule has 2 saturated carbocycles. The van der Waals surface area contributed by atoms with Crippen LogP contribution in [0, 0.1) is 23.2 Å². The number of hydrogen-bond acceptors (Lipinski definition) is 6. The van der Waals surface area contributed by atoms with Crippen molar-refractivity contribution in [3.63, 3.8) is 0 Å². The molecular formula is C26H30N6O4. The third-order valence-electron chi connectivity index (χ3n) is 9.03. The number of fused-ring (bicyclic) bond motifs is 3. The molecule has 188 valence electrons. The number of benzene rings is 1. The third-order valence-corrected chi connectivity index (χ3v) is 9.03. The van der Waals surface area contributed by atoms with Crippen molar-refractivity contribution in [2.24, 2.45) is 23.2 Å². The molecule has 4 amide bonds. The second-order valence-electron chi connectivity index (χ2n) is 11.2. The van der Waals surface area contributed by atoms with Gasteiger partial charge in [0.2, 0.25) is 11.8 Å². The Kier molecular flexibility index (Phi) is 5.24. The Morgan fingerprint density at radius 3 is 2.78 bits per heavy atom. The fourth-order valence-corrected chi connectivity index (χ4v) is 6.89. The van der Waals surface area contributed by atoms with Crippen LogP contribution in [-0.4, -0.2) is 56.1 Å². The highest BCUT2D eigenvalue weighted by atomic mass is 16.2. The first-order valence-corrected chi connectivity index (χ1v) is 12.7. The maximum atomic E-state index is 12.9. The standard InChI is InChI=1S/C26H30N6O4/c1-26(2)16-4-3-14(9-16)19(26)11-27-23(34)20-13-32(30-29-20)17-5-6-18-15(10-17)12-31(25(18)36)21-7-8-22(33)28-24(21)35/h5-6,10,13-14,16,19,21H,3-4,7-9,11-12H2,1-2H3,(H,27,34)(H,28,33,35). The van der Waals surface area contributed by atoms with E-state index in [0.717, 1.165) is 11.5 Å². The van der Waals surface area contributed by atoms with Crippen LogP contribution >= 0.6 is 0 Å². The van der Waals surface area contributed by atoms with Gasteiger partial charge in [-0.2, -0.15) is 0 Å². The molecule has 6 rings (SSSR count). The summed E-state index contributed by atoms with van der Waals surface area (Å²) in [6, 6.07) is 4.62. The third kappa shape index (κ3) is 3.61. The lowest BCUT2D eigenvalue weighted by Crippen LogP contribution is -2.52. The molecule has 4 unspecified atom stereocenters. The fourth-order valence-electron chi connectivity index (χ4n) is 6.89. The Labute approximate surface area is 208 Å². The topological polar surface area (TPSA) is 126 Å². The molecule has 36 heavy (non-hydrogen) atoms. The zero-order valence-electron chi connectivity index (χ0n) is 20.5. The summed E-state index contributed by atoms with van der Waals surface area (Å²) in [6.45, 7) is 5.57. The summed E-state index contributed by atoms with van der Waals surface area (Å²) in [5.74, 6) is 0.712. The van der Waals surface area contributed by atoms with Gasteiger partial charge in [0.25, 0.3) is 11.8 Å². The van der Waals surface area contributed by atoms with Gasteiger partial charge in [0, 0.05) is 25.1 Å². The van der Waals surface area contributed by atoms with Gasteiger partial charge in [0.05, 0.1) is 11.9 Å². The van der Waals surface area contributed by atoms with Crippen LogP contribution in [0.2, 0.25) is 0 Å². The van der Waals surface area contributed by atoms with E-state index >= 15 is 0 Å². The van der Waals surface area contributed by atoms with Crippen molar-refractivity contribution in [3.05, 3.63) is 41.2 Å². The summed E-state index contributed by atoms with van der Waals surface area (Å²) in [7, 11) is 0. The Bertz CT molecular complexity index is 1280. The summed E-state index contributed by atoms with van der Waals surface area (Å²) in [6.07, 6.45) is 5.95. The van der Waals surface area contributed by atoms with Crippen LogP contribution in [-0.2, 0) is 16.1 Å². The average molecular weight is 491 g/mol. The van der Waals surface area contributed by atoms with Gasteiger partial charge in [-0.05, 0) is 72.6 Å². The van der Waals surface area contributed by atoms with Crippen molar-refractivity contribution < 1.29 is 19.2 Å². The molecule has 4 atom stereocenters. The molecule has 2 aliphatic heterocycles. The number of hydrogen-bond donors (Lipinski definition) is 2. The molecule has 2 aliphatic carbocycles. The van der Waals surface area contributed by atoms with E-state index in [1.54, 1.807) is 18.3 Å². The molecule has 1 aromatic carbocycles. The van der Waals surface area contributed by atoms with Crippen molar-refractivity contribution >= 4 is 23.6 Å². The smallest absolute Gasteiger partial charge is 0.273 e. The number of nitrogens with one attached hydrogen (secondary N) is 2. The maximum Gasteiger partial charge on any atom is 0.273 e. The predicted octanol–water partition coefficient (Wildman–Crippen LogP) is 1.83. The van der Waals surface area contributed by atoms with E-state index in [-0.39, 0.29) is 41.8 Å². The Morgan fingerprint density at radius 2 is 2.03 bits per heavy atom. The van der Waals surface area contributed by atoms with Crippen LogP contribution in [0.15, 0.2) is 24.4 Å². The van der Waals surface area contributed by atoms with Crippen LogP contribution in [0.4, 0.5) is 0 Å². The highest BCUT2D eigenvalue weighted by molar-refractivity contribution is 6.05. The van der Waals surface area contributed by atoms with Gasteiger partial charge in [-0.25, -0.2) is 4.68 Å². The van der Waals surface area contributed by atoms with Crippen LogP contribution < -0.4 is 10.6 Å². The predicted molar refractivity (Wildman–Crippen MR) is 128 cm³/mol. The maximum absolute atomic E-state index is 12.9. The van der Waals surface area contributed by atoms with Crippen LogP contribution in [0.1, 0.15) is 72.4 Å². The van der Waals surface area contributed by atoms with Crippen LogP contribution in [0.5, 0.6) is 0 Å². The van der Waals surface area contributed by atoms with Gasteiger partial charge in [-0.1, -0.05) is 19.1 Å². The first-order valence-electron chi connectivity index (χ1n) is 12.7. The summed E-state index contributed by atoms with van der Waals surface area (Å²) in [5.41, 5.74) is 2.46. The van der Waals surface area contributed by atoms with E-state index in [1.807, 2.05) is 6.07 Å². The van der Waals surface area contributed by atoms with E-state index in [9.17, 15) is 19.2 Å². The van der Waals surface area contributed by atoms with E-state index in [0.29, 0.717) is 36.1 Å². The molecule has 3 heterocycles. The molecule has 10 heteroatoms. The van der Waals surface area contributed by atoms with Gasteiger partial charge in [0.1, 0.15) is 6.04 Å². The van der Waals surface area contributed by atoms with Gasteiger partial charge < -0.3 is 10.2 Å². The quantitative estimate of drug-likeness (QED) is 0.616. The van der Waals surface area contributed by atoms with E-state index < -0.39 is 11.9 Å². The van der Waals surface area contributed by atoms with E-state index in [4.69, 9.17) is 0 Å². The Morgan fingerprint density at radius 1 is 1.19 bits per heavy atom. The molecule has 4 aliphatic rings. The first kappa shape index (κ1) is 22.9. The largest absolute Gasteiger partial charge is 0.350 e. The number of nitrogens with zero attached hydrogens (tertiary/aromatic N) is 4. The minimum atomic E-state index is -0.659. The summed E-state index contributed by atoms with van der Waals surface area (Å²) in [4.78, 5) is 51.0. The number of carbonyl (C=O) groups excluding carboxylic acids is 4. The molecule has 0 spiro atoms. The summed E-state index contributed by atoms with van der Waals surface area (Å²) >= 11 is 0. The van der Waals surface area contributed by atoms with Crippen molar-refractivity contribution in [3.8, 4) is 5.69 Å². The average Bonchev–Trinajstić information content (AvgIpc) is 3.61. The molecule has 0 radical (unpaired) electrons. The number of imide groups is 1. The SMILES string of the molecule is CC1(C)C2CCC(C2)C1CNC(=O)c1cn(-c2ccc3c(c2)CN(C2CCC(=O)NC2=O)C3=O)nn1. The number of rotatable bonds is 5. The van der Waals surface area contributed by atoms with E-state index in [2.05, 4.69) is 34.8 Å². The highest BCUT2D eigenvalue weighted by Gasteiger charge is 2.52. The van der Waals surface area contributed by atoms with Crippen molar-refractivity contribution in [1.29, 1.82) is 0 Å². The van der Waals surface area contributed by atoms with Crippen molar-refractivity contribution in [2.75, 3.05) is 6.54 Å². The molecule has 1 aromatic heterocycles. The molecule has 10 nitrogen and oxygen atoms in total. The lowest BCUT2D eigenvalue weighted by atomic mass is 9.69. The minimum absolute atomic E-state index is 0.213. The lowest BCUT2D eigenvalue weighted by molar-refractivity contribution is -0.136. The highest BCUT2D eigenvalue weighted by Crippen LogP contribution is 2.58. The zero-order valence-corrected chi connectivity index (χ0v) is 20.5. The van der Waals surface area contributed by atoms with Crippen LogP contribution in [0.3, 0.4) is 0 Å². The van der Waals surface area contributed by atoms with Gasteiger partial charge in [-0.15, -0.1) is 5.10 Å². The van der Waals surface area contributed by atoms with Gasteiger partial charge >= 0.3 is 0 Å². The van der Waals surface area contributed by atoms with E-state index in [1.165, 1.54) is 28.8 Å². The monoisotopic (exact) mass is 490 g/mol. The molecule has 1 saturated heterocycles. The number of carbonyl (C=O) groups is 4. The fraction of sp³-hybridized carbons (Fsp3) is 0.538. The Hall–Kier alpha value is -3.56. The molecule has 3 fully saturated rings. The summed E-state index contributed by atoms with van der Waals surface area (Å²) < 4.78 is 1.52. The second kappa shape index (κ2) is 8.25. The van der Waals surface area contributed by atoms with Gasteiger partial charge in [0.15, 0.2) is 5.69 Å². The second-order valence-corrected chi connectivity index (χ2v) is 11.2. The normalized spacial score (nSPS) is 28.4.